The fourth-order valence-corrected chi connectivity index (χ4v) is 3.54. The molecular weight excluding hydrogens is 418 g/mol. The third-order valence-corrected chi connectivity index (χ3v) is 5.20. The number of allylic oxidation sites excluding steroid dienone is 1. The molecule has 0 fully saturated rings. The molecule has 5 rings (SSSR count). The van der Waals surface area contributed by atoms with Crippen molar-refractivity contribution in [3.05, 3.63) is 119 Å². The van der Waals surface area contributed by atoms with E-state index >= 15 is 0 Å². The van der Waals surface area contributed by atoms with E-state index in [0.717, 1.165) is 11.1 Å². The highest BCUT2D eigenvalue weighted by Crippen LogP contribution is 2.27. The third kappa shape index (κ3) is 4.07. The molecule has 0 saturated carbocycles. The average Bonchev–Trinajstić information content (AvgIpc) is 3.48. The highest BCUT2D eigenvalue weighted by atomic mass is 16.6. The molecular formula is C26H17N3O4. The number of fused-ring (bicyclic) bond motifs is 1. The fraction of sp³-hybridized carbons (Fsp3) is 0. The molecule has 160 valence electrons. The quantitative estimate of drug-likeness (QED) is 0.139. The second-order valence-electron chi connectivity index (χ2n) is 7.36. The minimum atomic E-state index is -0.445. The van der Waals surface area contributed by atoms with E-state index in [2.05, 4.69) is 5.10 Å². The number of benzene rings is 3. The van der Waals surface area contributed by atoms with Crippen molar-refractivity contribution < 1.29 is 14.1 Å². The molecule has 2 aromatic heterocycles. The summed E-state index contributed by atoms with van der Waals surface area (Å²) in [6.07, 6.45) is 4.94. The predicted molar refractivity (Wildman–Crippen MR) is 125 cm³/mol. The fourth-order valence-electron chi connectivity index (χ4n) is 3.54. The molecule has 0 aliphatic carbocycles. The Bertz CT molecular complexity index is 1460. The zero-order valence-electron chi connectivity index (χ0n) is 17.3. The lowest BCUT2D eigenvalue weighted by atomic mass is 10.1. The molecule has 0 unspecified atom stereocenters. The standard InChI is InChI=1S/C26H17N3O4/c30-23(25-16-19-6-4-5-9-24(19)33-25)15-12-20-17-28(21-7-2-1-3-8-21)27-26(20)18-10-13-22(14-11-18)29(31)32/h1-17H/b15-12+. The zero-order valence-corrected chi connectivity index (χ0v) is 17.3. The Balaban J connectivity index is 1.52. The first kappa shape index (κ1) is 20.1. The molecule has 0 bridgehead atoms. The SMILES string of the molecule is O=C(/C=C/c1cn(-c2ccccc2)nc1-c1ccc([N+](=O)[O-])cc1)c1cc2ccccc2o1. The van der Waals surface area contributed by atoms with Crippen molar-refractivity contribution in [2.24, 2.45) is 0 Å². The molecule has 0 saturated heterocycles. The van der Waals surface area contributed by atoms with Crippen LogP contribution >= 0.6 is 0 Å². The van der Waals surface area contributed by atoms with Crippen LogP contribution in [-0.2, 0) is 0 Å². The lowest BCUT2D eigenvalue weighted by molar-refractivity contribution is -0.384. The Morgan fingerprint density at radius 2 is 1.70 bits per heavy atom. The maximum atomic E-state index is 12.7. The topological polar surface area (TPSA) is 91.2 Å². The summed E-state index contributed by atoms with van der Waals surface area (Å²) in [7, 11) is 0. The van der Waals surface area contributed by atoms with Crippen LogP contribution in [0, 0.1) is 10.1 Å². The van der Waals surface area contributed by atoms with E-state index in [1.807, 2.05) is 60.8 Å². The molecule has 7 heteroatoms. The second-order valence-corrected chi connectivity index (χ2v) is 7.36. The molecule has 0 aliphatic rings. The van der Waals surface area contributed by atoms with Crippen LogP contribution in [0.15, 0.2) is 102 Å². The summed E-state index contributed by atoms with van der Waals surface area (Å²) in [6, 6.07) is 24.9. The van der Waals surface area contributed by atoms with Crippen molar-refractivity contribution in [3.63, 3.8) is 0 Å². The van der Waals surface area contributed by atoms with Gasteiger partial charge < -0.3 is 4.42 Å². The van der Waals surface area contributed by atoms with Crippen LogP contribution < -0.4 is 0 Å². The Kier molecular flexibility index (Phi) is 5.12. The van der Waals surface area contributed by atoms with Gasteiger partial charge in [-0.3, -0.25) is 14.9 Å². The van der Waals surface area contributed by atoms with E-state index in [0.29, 0.717) is 22.4 Å². The maximum absolute atomic E-state index is 12.7. The average molecular weight is 435 g/mol. The number of non-ortho nitro benzene ring substituents is 1. The number of ketones is 1. The van der Waals surface area contributed by atoms with E-state index in [4.69, 9.17) is 4.42 Å². The Morgan fingerprint density at radius 3 is 2.42 bits per heavy atom. The number of aromatic nitrogens is 2. The Hall–Kier alpha value is -4.78. The van der Waals surface area contributed by atoms with Gasteiger partial charge in [-0.1, -0.05) is 36.4 Å². The summed E-state index contributed by atoms with van der Waals surface area (Å²) in [6.45, 7) is 0. The van der Waals surface area contributed by atoms with E-state index < -0.39 is 4.92 Å². The molecule has 7 nitrogen and oxygen atoms in total. The van der Waals surface area contributed by atoms with Gasteiger partial charge in [-0.2, -0.15) is 5.10 Å². The van der Waals surface area contributed by atoms with Crippen molar-refractivity contribution in [3.8, 4) is 16.9 Å². The summed E-state index contributed by atoms with van der Waals surface area (Å²) in [4.78, 5) is 23.3. The number of furan rings is 1. The van der Waals surface area contributed by atoms with Crippen LogP contribution in [0.3, 0.4) is 0 Å². The lowest BCUT2D eigenvalue weighted by Crippen LogP contribution is -1.94. The number of nitro benzene ring substituents is 1. The van der Waals surface area contributed by atoms with E-state index in [1.54, 1.807) is 29.0 Å². The van der Waals surface area contributed by atoms with Gasteiger partial charge in [0.15, 0.2) is 5.76 Å². The number of nitrogens with zero attached hydrogens (tertiary/aromatic N) is 3. The van der Waals surface area contributed by atoms with E-state index in [-0.39, 0.29) is 17.2 Å². The second kappa shape index (κ2) is 8.39. The van der Waals surface area contributed by atoms with Crippen LogP contribution in [0.2, 0.25) is 0 Å². The largest absolute Gasteiger partial charge is 0.453 e. The van der Waals surface area contributed by atoms with Gasteiger partial charge in [-0.25, -0.2) is 4.68 Å². The first-order valence-electron chi connectivity index (χ1n) is 10.2. The van der Waals surface area contributed by atoms with Gasteiger partial charge in [-0.05, 0) is 48.6 Å². The third-order valence-electron chi connectivity index (χ3n) is 5.20. The number of nitro groups is 1. The number of para-hydroxylation sites is 2. The van der Waals surface area contributed by atoms with Gasteiger partial charge in [-0.15, -0.1) is 0 Å². The van der Waals surface area contributed by atoms with Crippen LogP contribution in [0.25, 0.3) is 34.0 Å². The monoisotopic (exact) mass is 435 g/mol. The van der Waals surface area contributed by atoms with Gasteiger partial charge in [0.2, 0.25) is 5.78 Å². The Labute approximate surface area is 188 Å². The summed E-state index contributed by atoms with van der Waals surface area (Å²) < 4.78 is 7.37. The number of hydrogen-bond donors (Lipinski definition) is 0. The summed E-state index contributed by atoms with van der Waals surface area (Å²) in [5, 5.41) is 16.5. The highest BCUT2D eigenvalue weighted by Gasteiger charge is 2.14. The van der Waals surface area contributed by atoms with E-state index in [9.17, 15) is 14.9 Å². The molecule has 2 heterocycles. The van der Waals surface area contributed by atoms with Crippen LogP contribution in [-0.4, -0.2) is 20.5 Å². The normalized spacial score (nSPS) is 11.3. The molecule has 5 aromatic rings. The first-order valence-corrected chi connectivity index (χ1v) is 10.2. The van der Waals surface area contributed by atoms with Crippen LogP contribution in [0.1, 0.15) is 16.1 Å². The maximum Gasteiger partial charge on any atom is 0.269 e. The van der Waals surface area contributed by atoms with Crippen molar-refractivity contribution in [2.75, 3.05) is 0 Å². The summed E-state index contributed by atoms with van der Waals surface area (Å²) >= 11 is 0. The van der Waals surface area contributed by atoms with Crippen molar-refractivity contribution in [1.82, 2.24) is 9.78 Å². The van der Waals surface area contributed by atoms with Gasteiger partial charge >= 0.3 is 0 Å². The molecule has 0 N–H and O–H groups in total. The molecule has 0 spiro atoms. The van der Waals surface area contributed by atoms with Crippen LogP contribution in [0.5, 0.6) is 0 Å². The number of rotatable bonds is 6. The van der Waals surface area contributed by atoms with Crippen molar-refractivity contribution in [1.29, 1.82) is 0 Å². The predicted octanol–water partition coefficient (Wildman–Crippen LogP) is 6.09. The molecule has 0 aliphatic heterocycles. The first-order chi connectivity index (χ1) is 16.1. The Morgan fingerprint density at radius 1 is 0.970 bits per heavy atom. The zero-order chi connectivity index (χ0) is 22.8. The summed E-state index contributed by atoms with van der Waals surface area (Å²) in [5.74, 6) is -0.0203. The van der Waals surface area contributed by atoms with Gasteiger partial charge in [0.05, 0.1) is 16.3 Å². The highest BCUT2D eigenvalue weighted by molar-refractivity contribution is 6.07. The van der Waals surface area contributed by atoms with Gasteiger partial charge in [0, 0.05) is 34.8 Å². The van der Waals surface area contributed by atoms with Crippen molar-refractivity contribution >= 4 is 28.5 Å². The van der Waals surface area contributed by atoms with Crippen molar-refractivity contribution in [2.45, 2.75) is 0 Å². The van der Waals surface area contributed by atoms with Crippen LogP contribution in [0.4, 0.5) is 5.69 Å². The number of carbonyl (C=O) groups is 1. The molecule has 0 amide bonds. The van der Waals surface area contributed by atoms with E-state index in [1.165, 1.54) is 18.2 Å². The van der Waals surface area contributed by atoms with Gasteiger partial charge in [0.25, 0.3) is 5.69 Å². The molecule has 0 radical (unpaired) electrons. The summed E-state index contributed by atoms with van der Waals surface area (Å²) in [5.41, 5.74) is 3.49. The lowest BCUT2D eigenvalue weighted by Gasteiger charge is -2.00. The minimum Gasteiger partial charge on any atom is -0.453 e. The molecule has 33 heavy (non-hydrogen) atoms. The minimum absolute atomic E-state index is 0.00148. The number of carbonyl (C=O) groups excluding carboxylic acids is 1. The molecule has 0 atom stereocenters. The van der Waals surface area contributed by atoms with Gasteiger partial charge in [0.1, 0.15) is 5.58 Å². The smallest absolute Gasteiger partial charge is 0.269 e. The number of hydrogen-bond acceptors (Lipinski definition) is 5. The molecule has 3 aromatic carbocycles.